The van der Waals surface area contributed by atoms with Crippen LogP contribution in [0, 0.1) is 0 Å². The van der Waals surface area contributed by atoms with E-state index in [4.69, 9.17) is 14.7 Å². The number of nitrogens with zero attached hydrogens (tertiary/aromatic N) is 3. The van der Waals surface area contributed by atoms with Crippen LogP contribution in [0.1, 0.15) is 28.3 Å². The molecule has 0 amide bonds. The highest BCUT2D eigenvalue weighted by Gasteiger charge is 2.25. The monoisotopic (exact) mass is 583 g/mol. The third kappa shape index (κ3) is 6.17. The Bertz CT molecular complexity index is 1950. The number of pyridine rings is 1. The van der Waals surface area contributed by atoms with Gasteiger partial charge in [0.15, 0.2) is 0 Å². The molecule has 0 saturated heterocycles. The Labute approximate surface area is 264 Å². The molecule has 4 nitrogen and oxygen atoms in total. The number of aliphatic imine (C=N–C) groups is 1. The second-order valence-corrected chi connectivity index (χ2v) is 11.1. The lowest BCUT2D eigenvalue weighted by molar-refractivity contribution is 0.307. The molecule has 0 radical (unpaired) electrons. The molecule has 1 aliphatic heterocycles. The minimum Gasteiger partial charge on any atom is -0.488 e. The molecule has 0 saturated carbocycles. The van der Waals surface area contributed by atoms with Gasteiger partial charge < -0.3 is 9.64 Å². The summed E-state index contributed by atoms with van der Waals surface area (Å²) < 4.78 is 6.20. The summed E-state index contributed by atoms with van der Waals surface area (Å²) in [6.07, 6.45) is 4.19. The van der Waals surface area contributed by atoms with Crippen LogP contribution in [-0.4, -0.2) is 22.8 Å². The summed E-state index contributed by atoms with van der Waals surface area (Å²) >= 11 is 0. The van der Waals surface area contributed by atoms with Crippen LogP contribution in [0.5, 0.6) is 5.75 Å². The maximum atomic E-state index is 6.20. The van der Waals surface area contributed by atoms with Crippen molar-refractivity contribution >= 4 is 11.5 Å². The lowest BCUT2D eigenvalue weighted by Gasteiger charge is -2.33. The van der Waals surface area contributed by atoms with Crippen LogP contribution in [0.2, 0.25) is 0 Å². The van der Waals surface area contributed by atoms with Gasteiger partial charge in [0, 0.05) is 29.9 Å². The molecule has 2 heterocycles. The zero-order valence-electron chi connectivity index (χ0n) is 25.1. The molecule has 0 spiro atoms. The minimum absolute atomic E-state index is 0.0580. The number of hydrogen-bond donors (Lipinski definition) is 0. The van der Waals surface area contributed by atoms with Gasteiger partial charge in [-0.2, -0.15) is 0 Å². The normalized spacial score (nSPS) is 14.4. The maximum Gasteiger partial charge on any atom is 0.137 e. The number of hydrogen-bond acceptors (Lipinski definition) is 4. The van der Waals surface area contributed by atoms with Crippen molar-refractivity contribution in [1.29, 1.82) is 0 Å². The van der Waals surface area contributed by atoms with Crippen molar-refractivity contribution in [3.05, 3.63) is 186 Å². The standard InChI is InChI=1S/C41H33N3O/c1-44-39(32-18-9-4-10-19-32)27-38(31-16-7-3-8-17-31)43-41(44)34-21-13-20-33(26-34)35-24-25-37(42-28-35)36-22-11-12-23-40(36)45-29-30-14-5-2-6-15-30/h2-28,39H,29H2,1H3. The van der Waals surface area contributed by atoms with Crippen molar-refractivity contribution in [3.8, 4) is 28.1 Å². The summed E-state index contributed by atoms with van der Waals surface area (Å²) in [6, 6.07) is 52.1. The van der Waals surface area contributed by atoms with Crippen LogP contribution in [0.15, 0.2) is 169 Å². The zero-order valence-corrected chi connectivity index (χ0v) is 25.1. The number of likely N-dealkylation sites (N-methyl/N-ethyl adjacent to an activating group) is 1. The van der Waals surface area contributed by atoms with Gasteiger partial charge in [-0.1, -0.05) is 127 Å². The molecule has 1 aliphatic rings. The zero-order chi connectivity index (χ0) is 30.4. The summed E-state index contributed by atoms with van der Waals surface area (Å²) in [5.74, 6) is 1.75. The van der Waals surface area contributed by atoms with Crippen LogP contribution >= 0.6 is 0 Å². The van der Waals surface area contributed by atoms with Crippen molar-refractivity contribution in [1.82, 2.24) is 9.88 Å². The van der Waals surface area contributed by atoms with E-state index in [0.29, 0.717) is 6.61 Å². The summed E-state index contributed by atoms with van der Waals surface area (Å²) in [5, 5.41) is 0. The average molecular weight is 584 g/mol. The van der Waals surface area contributed by atoms with Crippen LogP contribution < -0.4 is 4.74 Å². The molecule has 1 unspecified atom stereocenters. The van der Waals surface area contributed by atoms with Crippen LogP contribution in [0.25, 0.3) is 28.1 Å². The van der Waals surface area contributed by atoms with Crippen molar-refractivity contribution in [3.63, 3.8) is 0 Å². The number of aromatic nitrogens is 1. The van der Waals surface area contributed by atoms with Gasteiger partial charge in [0.2, 0.25) is 0 Å². The van der Waals surface area contributed by atoms with Gasteiger partial charge in [0.1, 0.15) is 18.2 Å². The Balaban J connectivity index is 1.18. The van der Waals surface area contributed by atoms with E-state index in [1.807, 2.05) is 48.7 Å². The maximum absolute atomic E-state index is 6.20. The van der Waals surface area contributed by atoms with Gasteiger partial charge in [0.05, 0.1) is 17.4 Å². The van der Waals surface area contributed by atoms with Gasteiger partial charge in [0.25, 0.3) is 0 Å². The van der Waals surface area contributed by atoms with Crippen molar-refractivity contribution < 1.29 is 4.74 Å². The molecule has 45 heavy (non-hydrogen) atoms. The fraction of sp³-hybridized carbons (Fsp3) is 0.0732. The summed E-state index contributed by atoms with van der Waals surface area (Å²) in [5.41, 5.74) is 9.47. The predicted octanol–water partition coefficient (Wildman–Crippen LogP) is 9.47. The lowest BCUT2D eigenvalue weighted by atomic mass is 9.97. The Hall–Kier alpha value is -5.74. The summed E-state index contributed by atoms with van der Waals surface area (Å²) in [4.78, 5) is 12.3. The highest BCUT2D eigenvalue weighted by Crippen LogP contribution is 2.34. The molecule has 5 aromatic carbocycles. The predicted molar refractivity (Wildman–Crippen MR) is 184 cm³/mol. The fourth-order valence-electron chi connectivity index (χ4n) is 5.73. The molecule has 0 aliphatic carbocycles. The second-order valence-electron chi connectivity index (χ2n) is 11.1. The molecule has 218 valence electrons. The molecular formula is C41H33N3O. The number of para-hydroxylation sites is 1. The topological polar surface area (TPSA) is 37.7 Å². The Kier molecular flexibility index (Phi) is 8.02. The SMILES string of the molecule is CN1C(c2cccc(-c3ccc(-c4ccccc4OCc4ccccc4)nc3)c2)=NC(c2ccccc2)=CC1c1ccccc1. The highest BCUT2D eigenvalue weighted by atomic mass is 16.5. The van der Waals surface area contributed by atoms with Gasteiger partial charge in [-0.15, -0.1) is 0 Å². The fourth-order valence-corrected chi connectivity index (χ4v) is 5.73. The van der Waals surface area contributed by atoms with Crippen molar-refractivity contribution in [2.24, 2.45) is 4.99 Å². The molecule has 4 heteroatoms. The van der Waals surface area contributed by atoms with E-state index in [9.17, 15) is 0 Å². The van der Waals surface area contributed by atoms with Gasteiger partial charge in [-0.3, -0.25) is 4.98 Å². The lowest BCUT2D eigenvalue weighted by Crippen LogP contribution is -2.33. The molecule has 1 aromatic heterocycles. The molecule has 1 atom stereocenters. The minimum atomic E-state index is 0.0580. The number of amidine groups is 1. The van der Waals surface area contributed by atoms with E-state index in [1.165, 1.54) is 5.56 Å². The van der Waals surface area contributed by atoms with E-state index in [1.54, 1.807) is 0 Å². The molecule has 0 bridgehead atoms. The van der Waals surface area contributed by atoms with E-state index < -0.39 is 0 Å². The van der Waals surface area contributed by atoms with Gasteiger partial charge >= 0.3 is 0 Å². The molecular weight excluding hydrogens is 550 g/mol. The van der Waals surface area contributed by atoms with Gasteiger partial charge in [-0.25, -0.2) is 4.99 Å². The number of ether oxygens (including phenoxy) is 1. The third-order valence-corrected chi connectivity index (χ3v) is 8.12. The Morgan fingerprint density at radius 1 is 0.622 bits per heavy atom. The van der Waals surface area contributed by atoms with Crippen LogP contribution in [0.3, 0.4) is 0 Å². The Morgan fingerprint density at radius 3 is 2.04 bits per heavy atom. The van der Waals surface area contributed by atoms with Crippen molar-refractivity contribution in [2.45, 2.75) is 12.6 Å². The largest absolute Gasteiger partial charge is 0.488 e. The first-order valence-electron chi connectivity index (χ1n) is 15.2. The summed E-state index contributed by atoms with van der Waals surface area (Å²) in [6.45, 7) is 0.507. The number of benzene rings is 5. The smallest absolute Gasteiger partial charge is 0.137 e. The van der Waals surface area contributed by atoms with Crippen LogP contribution in [0.4, 0.5) is 0 Å². The summed E-state index contributed by atoms with van der Waals surface area (Å²) in [7, 11) is 2.12. The quantitative estimate of drug-likeness (QED) is 0.179. The first-order valence-corrected chi connectivity index (χ1v) is 15.2. The molecule has 6 aromatic rings. The van der Waals surface area contributed by atoms with Crippen molar-refractivity contribution in [2.75, 3.05) is 7.05 Å². The molecule has 7 rings (SSSR count). The first-order chi connectivity index (χ1) is 22.2. The second kappa shape index (κ2) is 12.9. The average Bonchev–Trinajstić information content (AvgIpc) is 3.12. The van der Waals surface area contributed by atoms with Crippen LogP contribution in [-0.2, 0) is 6.61 Å². The molecule has 0 fully saturated rings. The Morgan fingerprint density at radius 2 is 1.29 bits per heavy atom. The third-order valence-electron chi connectivity index (χ3n) is 8.12. The van der Waals surface area contributed by atoms with Gasteiger partial charge in [-0.05, 0) is 52.6 Å². The number of rotatable bonds is 8. The van der Waals surface area contributed by atoms with E-state index >= 15 is 0 Å². The molecule has 0 N–H and O–H groups in total. The van der Waals surface area contributed by atoms with E-state index in [0.717, 1.165) is 56.4 Å². The van der Waals surface area contributed by atoms with E-state index in [2.05, 4.69) is 127 Å². The first kappa shape index (κ1) is 28.1. The highest BCUT2D eigenvalue weighted by molar-refractivity contribution is 6.04. The van der Waals surface area contributed by atoms with E-state index in [-0.39, 0.29) is 6.04 Å².